The molecule has 0 unspecified atom stereocenters. The van der Waals surface area contributed by atoms with E-state index in [1.165, 1.54) is 25.7 Å². The van der Waals surface area contributed by atoms with E-state index >= 15 is 0 Å². The molecule has 1 aliphatic rings. The molecule has 8 heteroatoms. The molecule has 0 aliphatic heterocycles. The molecule has 1 fully saturated rings. The molecule has 0 saturated heterocycles. The van der Waals surface area contributed by atoms with Gasteiger partial charge < -0.3 is 25.1 Å². The lowest BCUT2D eigenvalue weighted by Crippen LogP contribution is -2.42. The first-order valence-electron chi connectivity index (χ1n) is 9.59. The van der Waals surface area contributed by atoms with Crippen LogP contribution in [-0.2, 0) is 16.1 Å². The van der Waals surface area contributed by atoms with Crippen LogP contribution in [0.15, 0.2) is 27.8 Å². The lowest BCUT2D eigenvalue weighted by atomic mass is 10.0. The number of hydrogen-bond donors (Lipinski definition) is 3. The Labute approximate surface area is 179 Å². The molecule has 154 valence electrons. The largest absolute Gasteiger partial charge is 0.467 e. The molecular weight excluding hydrogens is 459 g/mol. The second-order valence-electron chi connectivity index (χ2n) is 6.62. The molecule has 1 saturated carbocycles. The third-order valence-corrected chi connectivity index (χ3v) is 4.49. The van der Waals surface area contributed by atoms with Crippen molar-refractivity contribution in [2.45, 2.75) is 45.1 Å². The predicted octanol–water partition coefficient (Wildman–Crippen LogP) is 2.67. The molecule has 1 aromatic rings. The summed E-state index contributed by atoms with van der Waals surface area (Å²) in [5.41, 5.74) is 0. The van der Waals surface area contributed by atoms with Crippen molar-refractivity contribution in [1.82, 2.24) is 16.0 Å². The molecule has 27 heavy (non-hydrogen) atoms. The van der Waals surface area contributed by atoms with Gasteiger partial charge in [0.15, 0.2) is 5.96 Å². The lowest BCUT2D eigenvalue weighted by molar-refractivity contribution is -0.121. The Morgan fingerprint density at radius 2 is 1.96 bits per heavy atom. The number of carbonyl (C=O) groups is 1. The summed E-state index contributed by atoms with van der Waals surface area (Å²) in [6, 6.07) is 3.75. The number of guanidine groups is 1. The minimum absolute atomic E-state index is 0. The molecular formula is C19H33IN4O3. The molecule has 2 rings (SSSR count). The summed E-state index contributed by atoms with van der Waals surface area (Å²) in [5, 5.41) is 9.41. The average molecular weight is 492 g/mol. The van der Waals surface area contributed by atoms with Gasteiger partial charge in [-0.1, -0.05) is 12.8 Å². The fourth-order valence-electron chi connectivity index (χ4n) is 3.10. The number of nitrogens with zero attached hydrogens (tertiary/aromatic N) is 1. The zero-order chi connectivity index (χ0) is 18.5. The van der Waals surface area contributed by atoms with Crippen molar-refractivity contribution in [3.63, 3.8) is 0 Å². The third-order valence-electron chi connectivity index (χ3n) is 4.49. The van der Waals surface area contributed by atoms with E-state index in [1.807, 2.05) is 12.1 Å². The minimum atomic E-state index is 0. The summed E-state index contributed by atoms with van der Waals surface area (Å²) < 4.78 is 10.7. The van der Waals surface area contributed by atoms with Gasteiger partial charge in [0.25, 0.3) is 0 Å². The molecule has 1 aromatic heterocycles. The van der Waals surface area contributed by atoms with Crippen LogP contribution in [0.4, 0.5) is 0 Å². The highest BCUT2D eigenvalue weighted by molar-refractivity contribution is 14.0. The minimum Gasteiger partial charge on any atom is -0.467 e. The number of carbonyl (C=O) groups excluding carboxylic acids is 1. The van der Waals surface area contributed by atoms with Crippen LogP contribution in [-0.4, -0.2) is 45.2 Å². The van der Waals surface area contributed by atoms with Gasteiger partial charge in [0, 0.05) is 39.7 Å². The summed E-state index contributed by atoms with van der Waals surface area (Å²) in [4.78, 5) is 16.0. The summed E-state index contributed by atoms with van der Waals surface area (Å²) in [5.74, 6) is 2.33. The summed E-state index contributed by atoms with van der Waals surface area (Å²) in [6.07, 6.45) is 8.14. The number of halogens is 1. The number of nitrogens with one attached hydrogen (secondary N) is 3. The van der Waals surface area contributed by atoms with Crippen LogP contribution in [0.5, 0.6) is 0 Å². The summed E-state index contributed by atoms with van der Waals surface area (Å²) in [7, 11) is 1.74. The van der Waals surface area contributed by atoms with Crippen LogP contribution in [0.2, 0.25) is 0 Å². The van der Waals surface area contributed by atoms with Crippen LogP contribution in [0, 0.1) is 5.92 Å². The van der Waals surface area contributed by atoms with Crippen LogP contribution < -0.4 is 16.0 Å². The molecule has 0 spiro atoms. The molecule has 3 N–H and O–H groups in total. The SMILES string of the molecule is CN=C(NCCCOCc1ccco1)NCCNC(=O)CC1CCCC1.I. The van der Waals surface area contributed by atoms with Gasteiger partial charge in [0.2, 0.25) is 5.91 Å². The summed E-state index contributed by atoms with van der Waals surface area (Å²) in [6.45, 7) is 3.19. The van der Waals surface area contributed by atoms with Crippen LogP contribution in [0.3, 0.4) is 0 Å². The van der Waals surface area contributed by atoms with Crippen molar-refractivity contribution in [3.05, 3.63) is 24.2 Å². The van der Waals surface area contributed by atoms with Gasteiger partial charge in [0.05, 0.1) is 6.26 Å². The Balaban J connectivity index is 0.00000364. The maximum atomic E-state index is 11.9. The van der Waals surface area contributed by atoms with Gasteiger partial charge in [-0.3, -0.25) is 9.79 Å². The van der Waals surface area contributed by atoms with Crippen LogP contribution >= 0.6 is 24.0 Å². The van der Waals surface area contributed by atoms with Crippen molar-refractivity contribution in [2.24, 2.45) is 10.9 Å². The summed E-state index contributed by atoms with van der Waals surface area (Å²) >= 11 is 0. The standard InChI is InChI=1S/C19H32N4O3.HI/c1-20-19(22-9-5-12-25-15-17-8-4-13-26-17)23-11-10-21-18(24)14-16-6-2-3-7-16;/h4,8,13,16H,2-3,5-7,9-12,14-15H2,1H3,(H,21,24)(H2,20,22,23);1H. The Bertz CT molecular complexity index is 531. The highest BCUT2D eigenvalue weighted by atomic mass is 127. The third kappa shape index (κ3) is 10.6. The topological polar surface area (TPSA) is 87.9 Å². The highest BCUT2D eigenvalue weighted by Gasteiger charge is 2.17. The fourth-order valence-corrected chi connectivity index (χ4v) is 3.10. The van der Waals surface area contributed by atoms with Crippen molar-refractivity contribution in [3.8, 4) is 0 Å². The van der Waals surface area contributed by atoms with E-state index in [9.17, 15) is 4.79 Å². The number of aliphatic imine (C=N–C) groups is 1. The molecule has 0 bridgehead atoms. The molecule has 1 aliphatic carbocycles. The van der Waals surface area contributed by atoms with Crippen molar-refractivity contribution in [1.29, 1.82) is 0 Å². The smallest absolute Gasteiger partial charge is 0.220 e. The number of hydrogen-bond acceptors (Lipinski definition) is 4. The highest BCUT2D eigenvalue weighted by Crippen LogP contribution is 2.27. The maximum Gasteiger partial charge on any atom is 0.220 e. The first-order chi connectivity index (χ1) is 12.8. The van der Waals surface area contributed by atoms with Gasteiger partial charge in [-0.15, -0.1) is 24.0 Å². The Hall–Kier alpha value is -1.29. The van der Waals surface area contributed by atoms with E-state index in [0.717, 1.165) is 24.7 Å². The van der Waals surface area contributed by atoms with Gasteiger partial charge >= 0.3 is 0 Å². The van der Waals surface area contributed by atoms with Crippen molar-refractivity contribution < 1.29 is 13.9 Å². The maximum absolute atomic E-state index is 11.9. The quantitative estimate of drug-likeness (QED) is 0.191. The first-order valence-corrected chi connectivity index (χ1v) is 9.59. The number of amides is 1. The van der Waals surface area contributed by atoms with E-state index in [0.29, 0.717) is 38.6 Å². The monoisotopic (exact) mass is 492 g/mol. The van der Waals surface area contributed by atoms with E-state index < -0.39 is 0 Å². The second kappa shape index (κ2) is 14.7. The van der Waals surface area contributed by atoms with Crippen LogP contribution in [0.1, 0.15) is 44.3 Å². The van der Waals surface area contributed by atoms with Gasteiger partial charge in [0.1, 0.15) is 12.4 Å². The fraction of sp³-hybridized carbons (Fsp3) is 0.684. The molecule has 1 amide bonds. The number of ether oxygens (including phenoxy) is 1. The normalized spacial score (nSPS) is 14.6. The molecule has 7 nitrogen and oxygen atoms in total. The van der Waals surface area contributed by atoms with Crippen molar-refractivity contribution in [2.75, 3.05) is 33.3 Å². The second-order valence-corrected chi connectivity index (χ2v) is 6.62. The van der Waals surface area contributed by atoms with Gasteiger partial charge in [-0.05, 0) is 37.3 Å². The lowest BCUT2D eigenvalue weighted by Gasteiger charge is -2.13. The number of rotatable bonds is 11. The molecule has 1 heterocycles. The Kier molecular flexibility index (Phi) is 13.0. The van der Waals surface area contributed by atoms with Crippen LogP contribution in [0.25, 0.3) is 0 Å². The zero-order valence-corrected chi connectivity index (χ0v) is 18.5. The Morgan fingerprint density at radius 1 is 1.22 bits per heavy atom. The molecule has 0 aromatic carbocycles. The van der Waals surface area contributed by atoms with Gasteiger partial charge in [-0.25, -0.2) is 0 Å². The van der Waals surface area contributed by atoms with E-state index in [1.54, 1.807) is 13.3 Å². The number of furan rings is 1. The zero-order valence-electron chi connectivity index (χ0n) is 16.2. The molecule has 0 radical (unpaired) electrons. The first kappa shape index (κ1) is 23.7. The van der Waals surface area contributed by atoms with E-state index in [-0.39, 0.29) is 29.9 Å². The van der Waals surface area contributed by atoms with E-state index in [2.05, 4.69) is 20.9 Å². The molecule has 0 atom stereocenters. The van der Waals surface area contributed by atoms with Crippen molar-refractivity contribution >= 4 is 35.8 Å². The average Bonchev–Trinajstić information content (AvgIpc) is 3.33. The Morgan fingerprint density at radius 3 is 2.67 bits per heavy atom. The van der Waals surface area contributed by atoms with E-state index in [4.69, 9.17) is 9.15 Å². The van der Waals surface area contributed by atoms with Gasteiger partial charge in [-0.2, -0.15) is 0 Å². The predicted molar refractivity (Wildman–Crippen MR) is 117 cm³/mol.